The lowest BCUT2D eigenvalue weighted by Crippen LogP contribution is -2.35. The molecule has 1 aliphatic carbocycles. The summed E-state index contributed by atoms with van der Waals surface area (Å²) in [5, 5.41) is 0. The first-order valence-corrected chi connectivity index (χ1v) is 14.0. The van der Waals surface area contributed by atoms with Crippen LogP contribution in [-0.2, 0) is 40.7 Å². The van der Waals surface area contributed by atoms with Crippen LogP contribution in [0.4, 0.5) is 0 Å². The molecule has 0 unspecified atom stereocenters. The molecule has 1 aliphatic rings. The van der Waals surface area contributed by atoms with Gasteiger partial charge in [0, 0.05) is 23.7 Å². The van der Waals surface area contributed by atoms with E-state index in [0.29, 0.717) is 13.1 Å². The lowest BCUT2D eigenvalue weighted by atomic mass is 9.84. The highest BCUT2D eigenvalue weighted by Gasteiger charge is 2.39. The summed E-state index contributed by atoms with van der Waals surface area (Å²) < 4.78 is 112. The lowest BCUT2D eigenvalue weighted by Gasteiger charge is -2.22. The van der Waals surface area contributed by atoms with Gasteiger partial charge in [-0.25, -0.2) is 16.8 Å². The number of nitrogens with one attached hydrogen (secondary N) is 1. The predicted octanol–water partition coefficient (Wildman–Crippen LogP) is -1.03. The molecular formula is C15H12N2O12S4. The number of rotatable bonds is 6. The molecule has 0 atom stereocenters. The minimum atomic E-state index is -5.26. The van der Waals surface area contributed by atoms with E-state index in [-0.39, 0.29) is 0 Å². The number of hydrogen-bond donors (Lipinski definition) is 3. The van der Waals surface area contributed by atoms with Crippen LogP contribution in [0.15, 0.2) is 46.2 Å². The van der Waals surface area contributed by atoms with Gasteiger partial charge in [-0.1, -0.05) is 20.0 Å². The van der Waals surface area contributed by atoms with Crippen molar-refractivity contribution in [2.45, 2.75) is 9.79 Å². The molecule has 178 valence electrons. The fourth-order valence-electron chi connectivity index (χ4n) is 2.97. The number of ketones is 2. The molecule has 3 N–H and O–H groups in total. The number of carbonyl (C=O) groups is 2. The number of sulfonamides is 2. The van der Waals surface area contributed by atoms with Crippen molar-refractivity contribution in [1.29, 1.82) is 0 Å². The maximum atomic E-state index is 13.0. The van der Waals surface area contributed by atoms with Crippen molar-refractivity contribution < 1.29 is 52.4 Å². The number of hydrogen-bond acceptors (Lipinski definition) is 10. The third-order valence-corrected chi connectivity index (χ3v) is 10.4. The molecule has 0 spiro atoms. The minimum Gasteiger partial charge on any atom is -0.289 e. The summed E-state index contributed by atoms with van der Waals surface area (Å²) >= 11 is 0. The van der Waals surface area contributed by atoms with E-state index in [1.54, 1.807) is 0 Å². The van der Waals surface area contributed by atoms with Gasteiger partial charge < -0.3 is 0 Å². The summed E-state index contributed by atoms with van der Waals surface area (Å²) in [5.74, 6) is -2.12. The molecule has 18 heteroatoms. The largest absolute Gasteiger partial charge is 0.349 e. The van der Waals surface area contributed by atoms with Crippen LogP contribution in [0.1, 0.15) is 31.8 Å². The molecular weight excluding hydrogens is 528 g/mol. The van der Waals surface area contributed by atoms with Crippen LogP contribution < -0.4 is 4.13 Å². The molecule has 14 nitrogen and oxygen atoms in total. The first-order valence-electron chi connectivity index (χ1n) is 8.22. The molecule has 0 saturated heterocycles. The summed E-state index contributed by atoms with van der Waals surface area (Å²) in [7, 11) is -19.9. The molecule has 2 aromatic carbocycles. The average molecular weight is 541 g/mol. The molecule has 0 fully saturated rings. The van der Waals surface area contributed by atoms with Gasteiger partial charge in [-0.15, -0.1) is 0 Å². The first-order chi connectivity index (χ1) is 14.9. The maximum Gasteiger partial charge on any atom is 0.349 e. The SMILES string of the molecule is CN(S(=O)(=O)O)S(=O)(=O)c1cccc2c1C(=O)c1ccc(S(=O)(=O)NS(=O)(=O)O)cc1C2=O. The van der Waals surface area contributed by atoms with Crippen LogP contribution in [0.5, 0.6) is 0 Å². The van der Waals surface area contributed by atoms with E-state index < -0.39 is 88.0 Å². The van der Waals surface area contributed by atoms with Gasteiger partial charge in [0.05, 0.1) is 15.4 Å². The van der Waals surface area contributed by atoms with E-state index in [4.69, 9.17) is 9.11 Å². The van der Waals surface area contributed by atoms with Crippen molar-refractivity contribution in [1.82, 2.24) is 7.84 Å². The van der Waals surface area contributed by atoms with Gasteiger partial charge in [-0.3, -0.25) is 18.7 Å². The number of nitrogens with zero attached hydrogens (tertiary/aromatic N) is 1. The van der Waals surface area contributed by atoms with Crippen molar-refractivity contribution in [3.63, 3.8) is 0 Å². The Labute approximate surface area is 187 Å². The van der Waals surface area contributed by atoms with Crippen LogP contribution >= 0.6 is 0 Å². The monoisotopic (exact) mass is 540 g/mol. The van der Waals surface area contributed by atoms with E-state index >= 15 is 0 Å². The lowest BCUT2D eigenvalue weighted by molar-refractivity contribution is 0.0976. The second-order valence-corrected chi connectivity index (χ2v) is 13.2. The van der Waals surface area contributed by atoms with Gasteiger partial charge >= 0.3 is 20.6 Å². The van der Waals surface area contributed by atoms with Gasteiger partial charge in [0.15, 0.2) is 11.6 Å². The summed E-state index contributed by atoms with van der Waals surface area (Å²) in [6.07, 6.45) is 0. The molecule has 0 amide bonds. The average Bonchev–Trinajstić information content (AvgIpc) is 2.68. The first kappa shape index (κ1) is 25.1. The minimum absolute atomic E-state index is 0.403. The molecule has 0 radical (unpaired) electrons. The topological polar surface area (TPSA) is 226 Å². The highest BCUT2D eigenvalue weighted by atomic mass is 32.3. The van der Waals surface area contributed by atoms with E-state index in [2.05, 4.69) is 0 Å². The van der Waals surface area contributed by atoms with Crippen molar-refractivity contribution in [2.75, 3.05) is 7.05 Å². The van der Waals surface area contributed by atoms with Crippen molar-refractivity contribution in [3.8, 4) is 0 Å². The smallest absolute Gasteiger partial charge is 0.289 e. The Hall–Kier alpha value is -2.58. The number of fused-ring (bicyclic) bond motifs is 2. The van der Waals surface area contributed by atoms with Gasteiger partial charge in [0.25, 0.3) is 20.0 Å². The van der Waals surface area contributed by atoms with Crippen LogP contribution in [0, 0.1) is 0 Å². The Morgan fingerprint density at radius 2 is 1.39 bits per heavy atom. The van der Waals surface area contributed by atoms with Crippen molar-refractivity contribution >= 4 is 52.2 Å². The Balaban J connectivity index is 2.23. The second kappa shape index (κ2) is 7.74. The molecule has 0 aromatic heterocycles. The molecule has 0 bridgehead atoms. The fourth-order valence-corrected chi connectivity index (χ4v) is 7.21. The van der Waals surface area contributed by atoms with Gasteiger partial charge in [-0.05, 0) is 24.3 Å². The molecule has 3 rings (SSSR count). The molecule has 0 saturated carbocycles. The van der Waals surface area contributed by atoms with Gasteiger partial charge in [-0.2, -0.15) is 16.8 Å². The zero-order valence-corrected chi connectivity index (χ0v) is 19.3. The van der Waals surface area contributed by atoms with E-state index in [9.17, 15) is 43.3 Å². The third-order valence-electron chi connectivity index (χ3n) is 4.44. The summed E-state index contributed by atoms with van der Waals surface area (Å²) in [6, 6.07) is 5.07. The van der Waals surface area contributed by atoms with Crippen molar-refractivity contribution in [3.05, 3.63) is 58.7 Å². The maximum absolute atomic E-state index is 13.0. The zero-order valence-electron chi connectivity index (χ0n) is 16.0. The van der Waals surface area contributed by atoms with Crippen molar-refractivity contribution in [2.24, 2.45) is 0 Å². The third kappa shape index (κ3) is 4.46. The highest BCUT2D eigenvalue weighted by molar-refractivity contribution is 8.02. The Morgan fingerprint density at radius 1 is 0.788 bits per heavy atom. The Bertz CT molecular complexity index is 1660. The standard InChI is InChI=1S/C15H12N2O12S4/c1-17(33(27,28)29)31(22,23)12-4-2-3-10-13(12)15(19)9-6-5-8(7-11(9)14(10)18)30(20,21)16-32(24,25)26/h2-7,16H,1H3,(H,24,25,26)(H,27,28,29). The van der Waals surface area contributed by atoms with Crippen LogP contribution in [0.2, 0.25) is 0 Å². The van der Waals surface area contributed by atoms with Crippen LogP contribution in [0.3, 0.4) is 0 Å². The van der Waals surface area contributed by atoms with E-state index in [1.807, 2.05) is 0 Å². The summed E-state index contributed by atoms with van der Waals surface area (Å²) in [5.41, 5.74) is -2.22. The second-order valence-electron chi connectivity index (χ2n) is 6.47. The van der Waals surface area contributed by atoms with Crippen LogP contribution in [-0.4, -0.2) is 65.1 Å². The Kier molecular flexibility index (Phi) is 5.87. The van der Waals surface area contributed by atoms with E-state index in [1.165, 1.54) is 0 Å². The van der Waals surface area contributed by atoms with Gasteiger partial charge in [0.2, 0.25) is 0 Å². The number of benzene rings is 2. The normalized spacial score (nSPS) is 14.8. The van der Waals surface area contributed by atoms with E-state index in [0.717, 1.165) is 34.5 Å². The number of carbonyl (C=O) groups excluding carboxylic acids is 2. The molecule has 0 heterocycles. The molecule has 33 heavy (non-hydrogen) atoms. The molecule has 0 aliphatic heterocycles. The fraction of sp³-hybridized carbons (Fsp3) is 0.0667. The summed E-state index contributed by atoms with van der Waals surface area (Å²) in [4.78, 5) is 24.3. The predicted molar refractivity (Wildman–Crippen MR) is 108 cm³/mol. The zero-order chi connectivity index (χ0) is 25.1. The Morgan fingerprint density at radius 3 is 1.94 bits per heavy atom. The van der Waals surface area contributed by atoms with Crippen LogP contribution in [0.25, 0.3) is 0 Å². The summed E-state index contributed by atoms with van der Waals surface area (Å²) in [6.45, 7) is 0. The molecule has 2 aromatic rings. The van der Waals surface area contributed by atoms with Gasteiger partial charge in [0.1, 0.15) is 0 Å². The highest BCUT2D eigenvalue weighted by Crippen LogP contribution is 2.34. The quantitative estimate of drug-likeness (QED) is 0.319.